The van der Waals surface area contributed by atoms with Crippen molar-refractivity contribution < 1.29 is 9.50 Å². The summed E-state index contributed by atoms with van der Waals surface area (Å²) in [4.78, 5) is 6.85. The second-order valence-corrected chi connectivity index (χ2v) is 4.03. The number of benzene rings is 1. The number of imidazole rings is 1. The van der Waals surface area contributed by atoms with E-state index in [9.17, 15) is 9.50 Å². The van der Waals surface area contributed by atoms with Crippen molar-refractivity contribution in [2.45, 2.75) is 6.10 Å². The lowest BCUT2D eigenvalue weighted by molar-refractivity contribution is 0.210. The van der Waals surface area contributed by atoms with Gasteiger partial charge in [-0.1, -0.05) is 6.07 Å². The number of hydrogen-bond donors (Lipinski definition) is 2. The Balaban J connectivity index is 2.11. The van der Waals surface area contributed by atoms with Crippen molar-refractivity contribution >= 4 is 0 Å². The molecule has 0 saturated carbocycles. The largest absolute Gasteiger partial charge is 0.380 e. The number of aromatic nitrogens is 4. The van der Waals surface area contributed by atoms with Crippen molar-refractivity contribution in [2.75, 3.05) is 0 Å². The van der Waals surface area contributed by atoms with E-state index in [1.165, 1.54) is 22.9 Å². The average Bonchev–Trinajstić information content (AvgIpc) is 3.11. The lowest BCUT2D eigenvalue weighted by Crippen LogP contribution is -2.08. The molecule has 0 spiro atoms. The molecule has 1 atom stereocenters. The molecule has 0 bridgehead atoms. The Morgan fingerprint density at radius 3 is 2.89 bits per heavy atom. The quantitative estimate of drug-likeness (QED) is 0.753. The van der Waals surface area contributed by atoms with Crippen LogP contribution in [0.25, 0.3) is 5.69 Å². The van der Waals surface area contributed by atoms with Crippen LogP contribution in [0.5, 0.6) is 0 Å². The number of aliphatic hydroxyl groups excluding tert-OH is 1. The second-order valence-electron chi connectivity index (χ2n) is 4.03. The highest BCUT2D eigenvalue weighted by atomic mass is 19.1. The Bertz CT molecular complexity index is 664. The zero-order chi connectivity index (χ0) is 13.2. The van der Waals surface area contributed by atoms with E-state index in [0.29, 0.717) is 17.1 Å². The molecule has 0 aliphatic carbocycles. The predicted molar refractivity (Wildman–Crippen MR) is 66.2 cm³/mol. The van der Waals surface area contributed by atoms with Gasteiger partial charge in [0.05, 0.1) is 5.69 Å². The minimum absolute atomic E-state index is 0.388. The SMILES string of the molecule is OC(c1ncc[nH]1)c1ccc(F)cc1-n1cccn1. The van der Waals surface area contributed by atoms with Gasteiger partial charge >= 0.3 is 0 Å². The van der Waals surface area contributed by atoms with Crippen molar-refractivity contribution in [2.24, 2.45) is 0 Å². The van der Waals surface area contributed by atoms with Gasteiger partial charge in [0.25, 0.3) is 0 Å². The normalized spacial score (nSPS) is 12.5. The number of H-pyrrole nitrogens is 1. The standard InChI is InChI=1S/C13H11FN4O/c14-9-2-3-10(12(19)13-15-5-6-16-13)11(8-9)18-7-1-4-17-18/h1-8,12,19H,(H,15,16). The van der Waals surface area contributed by atoms with E-state index in [-0.39, 0.29) is 5.82 Å². The third-order valence-corrected chi connectivity index (χ3v) is 2.82. The Labute approximate surface area is 108 Å². The van der Waals surface area contributed by atoms with E-state index < -0.39 is 6.10 Å². The number of hydrogen-bond acceptors (Lipinski definition) is 3. The molecule has 3 aromatic rings. The number of halogens is 1. The number of nitrogens with zero attached hydrogens (tertiary/aromatic N) is 3. The van der Waals surface area contributed by atoms with Gasteiger partial charge in [-0.2, -0.15) is 5.10 Å². The maximum Gasteiger partial charge on any atom is 0.139 e. The van der Waals surface area contributed by atoms with E-state index in [2.05, 4.69) is 15.1 Å². The van der Waals surface area contributed by atoms with Crippen LogP contribution in [0, 0.1) is 5.82 Å². The third-order valence-electron chi connectivity index (χ3n) is 2.82. The first kappa shape index (κ1) is 11.6. The van der Waals surface area contributed by atoms with Crippen LogP contribution in [0.3, 0.4) is 0 Å². The van der Waals surface area contributed by atoms with Gasteiger partial charge in [0, 0.05) is 30.4 Å². The second kappa shape index (κ2) is 4.66. The molecule has 2 aromatic heterocycles. The summed E-state index contributed by atoms with van der Waals surface area (Å²) >= 11 is 0. The van der Waals surface area contributed by atoms with Crippen molar-refractivity contribution in [3.63, 3.8) is 0 Å². The van der Waals surface area contributed by atoms with Gasteiger partial charge < -0.3 is 10.1 Å². The van der Waals surface area contributed by atoms with Crippen molar-refractivity contribution in [1.82, 2.24) is 19.7 Å². The fraction of sp³-hybridized carbons (Fsp3) is 0.0769. The molecule has 0 aliphatic rings. The van der Waals surface area contributed by atoms with Crippen LogP contribution in [0.2, 0.25) is 0 Å². The summed E-state index contributed by atoms with van der Waals surface area (Å²) in [6.07, 6.45) is 5.49. The first-order valence-electron chi connectivity index (χ1n) is 5.72. The van der Waals surface area contributed by atoms with Crippen LogP contribution in [0.4, 0.5) is 4.39 Å². The Morgan fingerprint density at radius 2 is 2.21 bits per heavy atom. The molecule has 0 radical (unpaired) electrons. The molecule has 0 fully saturated rings. The number of rotatable bonds is 3. The Kier molecular flexibility index (Phi) is 2.85. The highest BCUT2D eigenvalue weighted by molar-refractivity contribution is 5.44. The molecular formula is C13H11FN4O. The summed E-state index contributed by atoms with van der Waals surface area (Å²) in [6.45, 7) is 0. The van der Waals surface area contributed by atoms with Crippen LogP contribution in [-0.4, -0.2) is 24.9 Å². The molecule has 2 N–H and O–H groups in total. The van der Waals surface area contributed by atoms with Crippen LogP contribution in [0.15, 0.2) is 49.1 Å². The molecule has 3 rings (SSSR count). The van der Waals surface area contributed by atoms with Crippen LogP contribution in [-0.2, 0) is 0 Å². The van der Waals surface area contributed by atoms with Gasteiger partial charge in [-0.15, -0.1) is 0 Å². The zero-order valence-electron chi connectivity index (χ0n) is 9.86. The first-order chi connectivity index (χ1) is 9.25. The fourth-order valence-corrected chi connectivity index (χ4v) is 1.93. The van der Waals surface area contributed by atoms with Gasteiger partial charge in [0.1, 0.15) is 17.7 Å². The molecule has 0 saturated heterocycles. The number of aromatic amines is 1. The van der Waals surface area contributed by atoms with Crippen LogP contribution < -0.4 is 0 Å². The molecule has 19 heavy (non-hydrogen) atoms. The molecule has 1 unspecified atom stereocenters. The zero-order valence-corrected chi connectivity index (χ0v) is 9.86. The smallest absolute Gasteiger partial charge is 0.139 e. The molecule has 6 heteroatoms. The van der Waals surface area contributed by atoms with E-state index >= 15 is 0 Å². The van der Waals surface area contributed by atoms with Crippen molar-refractivity contribution in [1.29, 1.82) is 0 Å². The van der Waals surface area contributed by atoms with Gasteiger partial charge in [-0.3, -0.25) is 0 Å². The van der Waals surface area contributed by atoms with Gasteiger partial charge in [0.2, 0.25) is 0 Å². The van der Waals surface area contributed by atoms with Crippen molar-refractivity contribution in [3.8, 4) is 5.69 Å². The van der Waals surface area contributed by atoms with Crippen LogP contribution in [0.1, 0.15) is 17.5 Å². The lowest BCUT2D eigenvalue weighted by atomic mass is 10.1. The van der Waals surface area contributed by atoms with E-state index in [1.54, 1.807) is 30.9 Å². The summed E-state index contributed by atoms with van der Waals surface area (Å²) < 4.78 is 14.9. The van der Waals surface area contributed by atoms with E-state index in [4.69, 9.17) is 0 Å². The summed E-state index contributed by atoms with van der Waals surface area (Å²) in [5.41, 5.74) is 1.01. The lowest BCUT2D eigenvalue weighted by Gasteiger charge is -2.14. The molecule has 2 heterocycles. The Morgan fingerprint density at radius 1 is 1.32 bits per heavy atom. The maximum atomic E-state index is 13.4. The minimum Gasteiger partial charge on any atom is -0.380 e. The van der Waals surface area contributed by atoms with Crippen LogP contribution >= 0.6 is 0 Å². The minimum atomic E-state index is -0.963. The highest BCUT2D eigenvalue weighted by Gasteiger charge is 2.18. The maximum absolute atomic E-state index is 13.4. The molecule has 0 amide bonds. The van der Waals surface area contributed by atoms with Gasteiger partial charge in [0.15, 0.2) is 0 Å². The molecule has 1 aromatic carbocycles. The average molecular weight is 258 g/mol. The summed E-state index contributed by atoms with van der Waals surface area (Å²) in [6, 6.07) is 5.89. The van der Waals surface area contributed by atoms with E-state index in [0.717, 1.165) is 0 Å². The molecule has 0 aliphatic heterocycles. The predicted octanol–water partition coefficient (Wildman–Crippen LogP) is 1.82. The van der Waals surface area contributed by atoms with Gasteiger partial charge in [-0.25, -0.2) is 14.1 Å². The third kappa shape index (κ3) is 2.13. The Hall–Kier alpha value is -2.47. The number of aliphatic hydroxyl groups is 1. The summed E-state index contributed by atoms with van der Waals surface area (Å²) in [5, 5.41) is 14.4. The van der Waals surface area contributed by atoms with Crippen molar-refractivity contribution in [3.05, 3.63) is 66.3 Å². The first-order valence-corrected chi connectivity index (χ1v) is 5.72. The monoisotopic (exact) mass is 258 g/mol. The molecular weight excluding hydrogens is 247 g/mol. The highest BCUT2D eigenvalue weighted by Crippen LogP contribution is 2.25. The number of nitrogens with one attached hydrogen (secondary N) is 1. The van der Waals surface area contributed by atoms with Gasteiger partial charge in [-0.05, 0) is 18.2 Å². The molecule has 5 nitrogen and oxygen atoms in total. The molecule has 96 valence electrons. The summed E-state index contributed by atoms with van der Waals surface area (Å²) in [5.74, 6) is 0.0147. The summed E-state index contributed by atoms with van der Waals surface area (Å²) in [7, 11) is 0. The fourth-order valence-electron chi connectivity index (χ4n) is 1.93. The van der Waals surface area contributed by atoms with E-state index in [1.807, 2.05) is 0 Å². The topological polar surface area (TPSA) is 66.7 Å².